The first kappa shape index (κ1) is 16.5. The number of hydrogen-bond acceptors (Lipinski definition) is 3. The third kappa shape index (κ3) is 3.66. The molecule has 116 valence electrons. The summed E-state index contributed by atoms with van der Waals surface area (Å²) in [5.41, 5.74) is 3.77. The van der Waals surface area contributed by atoms with Crippen LogP contribution in [-0.2, 0) is 4.57 Å². The van der Waals surface area contributed by atoms with Crippen molar-refractivity contribution in [3.05, 3.63) is 60.7 Å². The second-order valence-corrected chi connectivity index (χ2v) is 8.38. The lowest BCUT2D eigenvalue weighted by Crippen LogP contribution is -2.26. The van der Waals surface area contributed by atoms with Gasteiger partial charge >= 0.3 is 0 Å². The number of nitrogens with one attached hydrogen (secondary N) is 1. The van der Waals surface area contributed by atoms with Gasteiger partial charge in [-0.3, -0.25) is 0 Å². The molecule has 0 aliphatic carbocycles. The summed E-state index contributed by atoms with van der Waals surface area (Å²) < 4.78 is 13.9. The largest absolute Gasteiger partial charge is 0.313 e. The van der Waals surface area contributed by atoms with Crippen molar-refractivity contribution < 1.29 is 4.57 Å². The molecule has 0 radical (unpaired) electrons. The molecule has 0 saturated heterocycles. The molecule has 0 bridgehead atoms. The fraction of sp³-hybridized carbons (Fsp3) is 0.278. The fourth-order valence-corrected chi connectivity index (χ4v) is 5.25. The molecule has 4 heteroatoms. The average Bonchev–Trinajstić information content (AvgIpc) is 2.56. The molecule has 2 rings (SSSR count). The standard InChI is InChI=1S/C18H23N2OP/c1-15(2)18(20-19-3)14-22(21,16-10-6-4-7-11-16)17-12-8-5-9-13-17/h4-13,15,19H,14H2,1-3H3/b20-18-. The predicted molar refractivity (Wildman–Crippen MR) is 96.0 cm³/mol. The topological polar surface area (TPSA) is 41.5 Å². The van der Waals surface area contributed by atoms with Gasteiger partial charge in [-0.05, 0) is 5.92 Å². The molecule has 0 atom stereocenters. The summed E-state index contributed by atoms with van der Waals surface area (Å²) in [4.78, 5) is 0. The molecule has 2 aromatic rings. The maximum atomic E-state index is 13.9. The predicted octanol–water partition coefficient (Wildman–Crippen LogP) is 3.23. The molecule has 1 N–H and O–H groups in total. The SMILES string of the molecule is CN/N=C(/CP(=O)(c1ccccc1)c1ccccc1)C(C)C. The Labute approximate surface area is 132 Å². The van der Waals surface area contributed by atoms with Crippen LogP contribution in [0.4, 0.5) is 0 Å². The van der Waals surface area contributed by atoms with Gasteiger partial charge in [0.05, 0.1) is 0 Å². The zero-order chi connectivity index (χ0) is 16.0. The van der Waals surface area contributed by atoms with E-state index >= 15 is 0 Å². The van der Waals surface area contributed by atoms with E-state index in [1.165, 1.54) is 0 Å². The first-order valence-electron chi connectivity index (χ1n) is 7.51. The second kappa shape index (κ2) is 7.42. The van der Waals surface area contributed by atoms with Gasteiger partial charge in [-0.2, -0.15) is 5.10 Å². The molecule has 22 heavy (non-hydrogen) atoms. The Morgan fingerprint density at radius 2 is 1.45 bits per heavy atom. The minimum atomic E-state index is -2.73. The fourth-order valence-electron chi connectivity index (χ4n) is 2.39. The van der Waals surface area contributed by atoms with Crippen LogP contribution in [0.3, 0.4) is 0 Å². The van der Waals surface area contributed by atoms with Crippen LogP contribution in [0.2, 0.25) is 0 Å². The lowest BCUT2D eigenvalue weighted by atomic mass is 10.1. The van der Waals surface area contributed by atoms with Crippen LogP contribution in [-0.4, -0.2) is 18.9 Å². The number of hydrogen-bond donors (Lipinski definition) is 1. The van der Waals surface area contributed by atoms with Crippen molar-refractivity contribution in [3.8, 4) is 0 Å². The zero-order valence-corrected chi connectivity index (χ0v) is 14.3. The highest BCUT2D eigenvalue weighted by atomic mass is 31.2. The summed E-state index contributed by atoms with van der Waals surface area (Å²) in [5.74, 6) is 0.244. The lowest BCUT2D eigenvalue weighted by Gasteiger charge is -2.21. The molecular formula is C18H23N2OP. The molecule has 0 saturated carbocycles. The molecule has 0 heterocycles. The van der Waals surface area contributed by atoms with E-state index in [0.717, 1.165) is 16.3 Å². The molecule has 3 nitrogen and oxygen atoms in total. The van der Waals surface area contributed by atoms with Crippen LogP contribution in [0.15, 0.2) is 65.8 Å². The van der Waals surface area contributed by atoms with E-state index in [2.05, 4.69) is 24.4 Å². The summed E-state index contributed by atoms with van der Waals surface area (Å²) in [6.45, 7) is 4.16. The number of nitrogens with zero attached hydrogens (tertiary/aromatic N) is 1. The normalized spacial score (nSPS) is 12.5. The molecular weight excluding hydrogens is 291 g/mol. The Kier molecular flexibility index (Phi) is 5.57. The van der Waals surface area contributed by atoms with Crippen LogP contribution >= 0.6 is 7.14 Å². The molecule has 0 aliphatic rings. The summed E-state index contributed by atoms with van der Waals surface area (Å²) in [6, 6.07) is 19.5. The Morgan fingerprint density at radius 3 is 1.82 bits per heavy atom. The maximum absolute atomic E-state index is 13.9. The van der Waals surface area contributed by atoms with Gasteiger partial charge < -0.3 is 9.99 Å². The van der Waals surface area contributed by atoms with Gasteiger partial charge in [0.15, 0.2) is 0 Å². The first-order chi connectivity index (χ1) is 10.6. The van der Waals surface area contributed by atoms with Crippen molar-refractivity contribution in [2.75, 3.05) is 13.2 Å². The number of rotatable bonds is 6. The monoisotopic (exact) mass is 314 g/mol. The van der Waals surface area contributed by atoms with E-state index in [0.29, 0.717) is 6.16 Å². The van der Waals surface area contributed by atoms with Gasteiger partial charge in [-0.25, -0.2) is 0 Å². The minimum absolute atomic E-state index is 0.244. The smallest absolute Gasteiger partial charge is 0.148 e. The van der Waals surface area contributed by atoms with E-state index < -0.39 is 7.14 Å². The van der Waals surface area contributed by atoms with Crippen LogP contribution < -0.4 is 16.0 Å². The van der Waals surface area contributed by atoms with Crippen molar-refractivity contribution in [1.82, 2.24) is 5.43 Å². The van der Waals surface area contributed by atoms with Gasteiger partial charge in [0.2, 0.25) is 0 Å². The van der Waals surface area contributed by atoms with Crippen molar-refractivity contribution in [3.63, 3.8) is 0 Å². The van der Waals surface area contributed by atoms with Gasteiger partial charge in [0, 0.05) is 29.5 Å². The number of benzene rings is 2. The Balaban J connectivity index is 2.52. The van der Waals surface area contributed by atoms with Crippen LogP contribution in [0.25, 0.3) is 0 Å². The minimum Gasteiger partial charge on any atom is -0.313 e. The molecule has 0 fully saturated rings. The quantitative estimate of drug-likeness (QED) is 0.505. The summed E-state index contributed by atoms with van der Waals surface area (Å²) in [7, 11) is -0.958. The van der Waals surface area contributed by atoms with Crippen molar-refractivity contribution in [1.29, 1.82) is 0 Å². The molecule has 0 amide bonds. The average molecular weight is 314 g/mol. The summed E-state index contributed by atoms with van der Waals surface area (Å²) in [6.07, 6.45) is 0.458. The number of hydrazone groups is 1. The third-order valence-electron chi connectivity index (χ3n) is 3.65. The van der Waals surface area contributed by atoms with Gasteiger partial charge in [0.25, 0.3) is 0 Å². The van der Waals surface area contributed by atoms with Gasteiger partial charge in [0.1, 0.15) is 7.14 Å². The van der Waals surface area contributed by atoms with E-state index in [9.17, 15) is 4.57 Å². The Morgan fingerprint density at radius 1 is 1.00 bits per heavy atom. The third-order valence-corrected chi connectivity index (χ3v) is 6.69. The summed E-state index contributed by atoms with van der Waals surface area (Å²) in [5, 5.41) is 6.11. The van der Waals surface area contributed by atoms with Crippen molar-refractivity contribution >= 4 is 23.5 Å². The highest BCUT2D eigenvalue weighted by Crippen LogP contribution is 2.43. The van der Waals surface area contributed by atoms with Crippen LogP contribution in [0, 0.1) is 5.92 Å². The molecule has 0 spiro atoms. The molecule has 0 aliphatic heterocycles. The van der Waals surface area contributed by atoms with Gasteiger partial charge in [-0.15, -0.1) is 0 Å². The van der Waals surface area contributed by atoms with Crippen molar-refractivity contribution in [2.45, 2.75) is 13.8 Å². The summed E-state index contributed by atoms with van der Waals surface area (Å²) >= 11 is 0. The van der Waals surface area contributed by atoms with E-state index in [4.69, 9.17) is 0 Å². The highest BCUT2D eigenvalue weighted by Gasteiger charge is 2.29. The zero-order valence-electron chi connectivity index (χ0n) is 13.4. The van der Waals surface area contributed by atoms with E-state index in [1.807, 2.05) is 60.7 Å². The van der Waals surface area contributed by atoms with Crippen LogP contribution in [0.1, 0.15) is 13.8 Å². The second-order valence-electron chi connectivity index (χ2n) is 5.55. The first-order valence-corrected chi connectivity index (χ1v) is 9.40. The maximum Gasteiger partial charge on any atom is 0.148 e. The highest BCUT2D eigenvalue weighted by molar-refractivity contribution is 7.79. The molecule has 0 aromatic heterocycles. The Bertz CT molecular complexity index is 623. The van der Waals surface area contributed by atoms with Crippen molar-refractivity contribution in [2.24, 2.45) is 11.0 Å². The molecule has 0 unspecified atom stereocenters. The van der Waals surface area contributed by atoms with E-state index in [-0.39, 0.29) is 5.92 Å². The van der Waals surface area contributed by atoms with Crippen LogP contribution in [0.5, 0.6) is 0 Å². The molecule has 2 aromatic carbocycles. The lowest BCUT2D eigenvalue weighted by molar-refractivity contribution is 0.588. The van der Waals surface area contributed by atoms with E-state index in [1.54, 1.807) is 7.05 Å². The Hall–Kier alpha value is -1.86. The van der Waals surface area contributed by atoms with Gasteiger partial charge in [-0.1, -0.05) is 74.5 Å².